The third-order valence-electron chi connectivity index (χ3n) is 7.79. The maximum atomic E-state index is 6.15. The third-order valence-corrected chi connectivity index (χ3v) is 7.79. The van der Waals surface area contributed by atoms with E-state index in [-0.39, 0.29) is 24.0 Å². The Kier molecular flexibility index (Phi) is 6.67. The second-order valence-corrected chi connectivity index (χ2v) is 9.00. The van der Waals surface area contributed by atoms with E-state index in [0.29, 0.717) is 23.5 Å². The predicted molar refractivity (Wildman–Crippen MR) is 131 cm³/mol. The number of benzene rings is 1. The van der Waals surface area contributed by atoms with E-state index in [2.05, 4.69) is 32.2 Å². The van der Waals surface area contributed by atoms with Crippen LogP contribution in [0.3, 0.4) is 0 Å². The molecule has 1 aromatic carbocycles. The highest BCUT2D eigenvalue weighted by atomic mass is 127. The molecule has 2 saturated carbocycles. The Morgan fingerprint density at radius 1 is 1.17 bits per heavy atom. The van der Waals surface area contributed by atoms with Gasteiger partial charge in [-0.25, -0.2) is 0 Å². The number of ether oxygens (including phenoxy) is 2. The number of para-hydroxylation sites is 2. The molecule has 2 aliphatic heterocycles. The van der Waals surface area contributed by atoms with E-state index in [0.717, 1.165) is 44.5 Å². The van der Waals surface area contributed by atoms with Crippen molar-refractivity contribution in [3.8, 4) is 5.75 Å². The lowest BCUT2D eigenvalue weighted by atomic mass is 9.54. The number of rotatable bonds is 3. The highest BCUT2D eigenvalue weighted by Gasteiger charge is 2.65. The minimum atomic E-state index is 0. The smallest absolute Gasteiger partial charge is 0.194 e. The topological polar surface area (TPSA) is 49.3 Å². The molecule has 1 aromatic rings. The predicted octanol–water partition coefficient (Wildman–Crippen LogP) is 3.36. The summed E-state index contributed by atoms with van der Waals surface area (Å²) in [5.41, 5.74) is 1.54. The molecule has 0 bridgehead atoms. The Bertz CT molecular complexity index is 759. The van der Waals surface area contributed by atoms with Gasteiger partial charge in [-0.2, -0.15) is 0 Å². The van der Waals surface area contributed by atoms with Crippen molar-refractivity contribution in [3.05, 3.63) is 24.3 Å². The number of nitrogens with one attached hydrogen (secondary N) is 1. The average molecular weight is 526 g/mol. The fourth-order valence-electron chi connectivity index (χ4n) is 6.39. The van der Waals surface area contributed by atoms with Gasteiger partial charge >= 0.3 is 0 Å². The molecule has 6 nitrogen and oxygen atoms in total. The molecular weight excluding hydrogens is 491 g/mol. The van der Waals surface area contributed by atoms with Crippen LogP contribution in [0.5, 0.6) is 5.75 Å². The number of hydrogen-bond donors (Lipinski definition) is 1. The van der Waals surface area contributed by atoms with Gasteiger partial charge in [0.25, 0.3) is 0 Å². The zero-order valence-electron chi connectivity index (χ0n) is 18.2. The standard InChI is InChI=1S/C23H34N4O2.HI/c1-24-22(25-20-17-9-16-29-21(17)23(20)10-5-6-11-23)27-14-12-26(13-15-27)18-7-3-4-8-19(18)28-2;/h3-4,7-8,17,20-21H,5-6,9-16H2,1-2H3,(H,24,25);1H. The van der Waals surface area contributed by atoms with Crippen LogP contribution in [0.25, 0.3) is 0 Å². The SMILES string of the molecule is CN=C(NC1C2CCOC2C12CCCC2)N1CCN(c2ccccc2OC)CC1.I. The third kappa shape index (κ3) is 3.55. The van der Waals surface area contributed by atoms with E-state index in [9.17, 15) is 0 Å². The summed E-state index contributed by atoms with van der Waals surface area (Å²) >= 11 is 0. The largest absolute Gasteiger partial charge is 0.495 e. The molecule has 3 unspecified atom stereocenters. The van der Waals surface area contributed by atoms with Crippen LogP contribution in [0.15, 0.2) is 29.3 Å². The lowest BCUT2D eigenvalue weighted by Gasteiger charge is -2.57. The van der Waals surface area contributed by atoms with Crippen LogP contribution in [-0.4, -0.2) is 69.9 Å². The first kappa shape index (κ1) is 22.0. The van der Waals surface area contributed by atoms with E-state index in [1.165, 1.54) is 37.8 Å². The van der Waals surface area contributed by atoms with Crippen molar-refractivity contribution in [3.63, 3.8) is 0 Å². The highest BCUT2D eigenvalue weighted by Crippen LogP contribution is 2.60. The molecule has 166 valence electrons. The first-order valence-electron chi connectivity index (χ1n) is 11.2. The average Bonchev–Trinajstić information content (AvgIpc) is 3.44. The summed E-state index contributed by atoms with van der Waals surface area (Å²) in [7, 11) is 3.68. The Hall–Kier alpha value is -1.22. The lowest BCUT2D eigenvalue weighted by Crippen LogP contribution is -2.70. The summed E-state index contributed by atoms with van der Waals surface area (Å²) in [5, 5.41) is 3.91. The van der Waals surface area contributed by atoms with Gasteiger partial charge in [-0.05, 0) is 31.4 Å². The van der Waals surface area contributed by atoms with Crippen LogP contribution in [0.4, 0.5) is 5.69 Å². The Morgan fingerprint density at radius 3 is 2.60 bits per heavy atom. The quantitative estimate of drug-likeness (QED) is 0.372. The maximum Gasteiger partial charge on any atom is 0.194 e. The van der Waals surface area contributed by atoms with Crippen molar-refractivity contribution < 1.29 is 9.47 Å². The van der Waals surface area contributed by atoms with Gasteiger partial charge in [0.15, 0.2) is 5.96 Å². The second kappa shape index (κ2) is 9.10. The van der Waals surface area contributed by atoms with Crippen LogP contribution >= 0.6 is 24.0 Å². The number of aliphatic imine (C=N–C) groups is 1. The molecule has 4 fully saturated rings. The molecule has 4 aliphatic rings. The number of anilines is 1. The van der Waals surface area contributed by atoms with Crippen molar-refractivity contribution in [2.45, 2.75) is 44.2 Å². The Balaban J connectivity index is 0.00000218. The number of methoxy groups -OCH3 is 1. The zero-order valence-corrected chi connectivity index (χ0v) is 20.5. The molecule has 2 heterocycles. The van der Waals surface area contributed by atoms with E-state index in [1.807, 2.05) is 19.2 Å². The molecular formula is C23H35IN4O2. The van der Waals surface area contributed by atoms with Gasteiger partial charge in [-0.3, -0.25) is 4.99 Å². The normalized spacial score (nSPS) is 29.9. The van der Waals surface area contributed by atoms with Crippen LogP contribution in [0.2, 0.25) is 0 Å². The summed E-state index contributed by atoms with van der Waals surface area (Å²) in [6, 6.07) is 8.84. The van der Waals surface area contributed by atoms with Crippen molar-refractivity contribution in [2.75, 3.05) is 51.8 Å². The maximum absolute atomic E-state index is 6.15. The fraction of sp³-hybridized carbons (Fsp3) is 0.696. The van der Waals surface area contributed by atoms with Crippen molar-refractivity contribution in [2.24, 2.45) is 16.3 Å². The molecule has 0 amide bonds. The number of nitrogens with zero attached hydrogens (tertiary/aromatic N) is 3. The molecule has 1 spiro atoms. The first-order chi connectivity index (χ1) is 14.3. The molecule has 0 aromatic heterocycles. The van der Waals surface area contributed by atoms with Gasteiger partial charge < -0.3 is 24.6 Å². The van der Waals surface area contributed by atoms with Crippen molar-refractivity contribution in [1.82, 2.24) is 10.2 Å². The molecule has 5 rings (SSSR count). The van der Waals surface area contributed by atoms with Crippen LogP contribution in [-0.2, 0) is 4.74 Å². The zero-order chi connectivity index (χ0) is 19.8. The molecule has 2 aliphatic carbocycles. The summed E-state index contributed by atoms with van der Waals surface area (Å²) < 4.78 is 11.7. The summed E-state index contributed by atoms with van der Waals surface area (Å²) in [4.78, 5) is 9.53. The van der Waals surface area contributed by atoms with Gasteiger partial charge in [0.1, 0.15) is 5.75 Å². The van der Waals surface area contributed by atoms with Crippen LogP contribution < -0.4 is 15.0 Å². The molecule has 3 atom stereocenters. The minimum absolute atomic E-state index is 0. The van der Waals surface area contributed by atoms with Gasteiger partial charge in [-0.15, -0.1) is 24.0 Å². The van der Waals surface area contributed by atoms with E-state index in [4.69, 9.17) is 9.47 Å². The van der Waals surface area contributed by atoms with Gasteiger partial charge in [0.2, 0.25) is 0 Å². The number of hydrogen-bond acceptors (Lipinski definition) is 4. The summed E-state index contributed by atoms with van der Waals surface area (Å²) in [6.07, 6.45) is 7.00. The fourth-order valence-corrected chi connectivity index (χ4v) is 6.39. The minimum Gasteiger partial charge on any atom is -0.495 e. The monoisotopic (exact) mass is 526 g/mol. The second-order valence-electron chi connectivity index (χ2n) is 9.00. The van der Waals surface area contributed by atoms with E-state index in [1.54, 1.807) is 7.11 Å². The number of halogens is 1. The van der Waals surface area contributed by atoms with Gasteiger partial charge in [0.05, 0.1) is 18.9 Å². The summed E-state index contributed by atoms with van der Waals surface area (Å²) in [6.45, 7) is 4.84. The highest BCUT2D eigenvalue weighted by molar-refractivity contribution is 14.0. The van der Waals surface area contributed by atoms with Gasteiger partial charge in [0, 0.05) is 57.2 Å². The molecule has 1 N–H and O–H groups in total. The van der Waals surface area contributed by atoms with Crippen molar-refractivity contribution in [1.29, 1.82) is 0 Å². The lowest BCUT2D eigenvalue weighted by molar-refractivity contribution is -0.125. The number of guanidine groups is 1. The first-order valence-corrected chi connectivity index (χ1v) is 11.2. The Labute approximate surface area is 197 Å². The van der Waals surface area contributed by atoms with E-state index < -0.39 is 0 Å². The Morgan fingerprint density at radius 2 is 1.90 bits per heavy atom. The molecule has 30 heavy (non-hydrogen) atoms. The van der Waals surface area contributed by atoms with E-state index >= 15 is 0 Å². The van der Waals surface area contributed by atoms with Crippen molar-refractivity contribution >= 4 is 35.6 Å². The molecule has 0 radical (unpaired) electrons. The van der Waals surface area contributed by atoms with Crippen LogP contribution in [0, 0.1) is 11.3 Å². The number of piperazine rings is 1. The molecule has 7 heteroatoms. The number of fused-ring (bicyclic) bond motifs is 2. The van der Waals surface area contributed by atoms with Crippen LogP contribution in [0.1, 0.15) is 32.1 Å². The summed E-state index contributed by atoms with van der Waals surface area (Å²) in [5.74, 6) is 2.69. The molecule has 2 saturated heterocycles. The van der Waals surface area contributed by atoms with Gasteiger partial charge in [-0.1, -0.05) is 25.0 Å².